The van der Waals surface area contributed by atoms with E-state index in [-0.39, 0.29) is 11.6 Å². The molecule has 0 unspecified atom stereocenters. The number of urea groups is 1. The van der Waals surface area contributed by atoms with Gasteiger partial charge in [-0.25, -0.2) is 9.78 Å². The van der Waals surface area contributed by atoms with E-state index in [1.807, 2.05) is 12.1 Å². The van der Waals surface area contributed by atoms with Crippen molar-refractivity contribution in [3.8, 4) is 0 Å². The van der Waals surface area contributed by atoms with Gasteiger partial charge in [-0.15, -0.1) is 0 Å². The quantitative estimate of drug-likeness (QED) is 0.661. The van der Waals surface area contributed by atoms with Crippen molar-refractivity contribution >= 4 is 28.7 Å². The van der Waals surface area contributed by atoms with E-state index in [0.717, 1.165) is 17.6 Å². The summed E-state index contributed by atoms with van der Waals surface area (Å²) in [5.41, 5.74) is 0.919. The number of benzene rings is 2. The van der Waals surface area contributed by atoms with E-state index < -0.39 is 17.8 Å². The maximum Gasteiger partial charge on any atom is 0.416 e. The van der Waals surface area contributed by atoms with Gasteiger partial charge in [0.2, 0.25) is 5.95 Å². The Labute approximate surface area is 128 Å². The second-order valence-corrected chi connectivity index (χ2v) is 4.76. The molecule has 5 nitrogen and oxygen atoms in total. The first kappa shape index (κ1) is 14.9. The van der Waals surface area contributed by atoms with Gasteiger partial charge in [0.25, 0.3) is 0 Å². The third-order valence-electron chi connectivity index (χ3n) is 3.09. The van der Waals surface area contributed by atoms with Crippen molar-refractivity contribution in [2.75, 3.05) is 10.6 Å². The number of alkyl halides is 3. The number of nitrogens with zero attached hydrogens (tertiary/aromatic N) is 1. The molecule has 3 rings (SSSR count). The third kappa shape index (κ3) is 3.42. The smallest absolute Gasteiger partial charge is 0.324 e. The first-order valence-electron chi connectivity index (χ1n) is 6.62. The molecular formula is C15H11F3N4O. The zero-order valence-electron chi connectivity index (χ0n) is 11.6. The topological polar surface area (TPSA) is 69.8 Å². The average molecular weight is 320 g/mol. The molecule has 3 aromatic rings. The monoisotopic (exact) mass is 320 g/mol. The molecule has 1 aromatic heterocycles. The summed E-state index contributed by atoms with van der Waals surface area (Å²) in [5, 5.41) is 4.92. The summed E-state index contributed by atoms with van der Waals surface area (Å²) >= 11 is 0. The molecule has 0 aliphatic heterocycles. The Balaban J connectivity index is 1.67. The summed E-state index contributed by atoms with van der Waals surface area (Å²) in [5.74, 6) is 0.246. The van der Waals surface area contributed by atoms with Crippen molar-refractivity contribution < 1.29 is 18.0 Å². The van der Waals surface area contributed by atoms with Crippen LogP contribution in [0.15, 0.2) is 48.5 Å². The van der Waals surface area contributed by atoms with Crippen LogP contribution in [-0.2, 0) is 6.18 Å². The predicted octanol–water partition coefficient (Wildman–Crippen LogP) is 4.23. The summed E-state index contributed by atoms with van der Waals surface area (Å²) < 4.78 is 37.4. The normalized spacial score (nSPS) is 11.4. The molecule has 0 saturated carbocycles. The zero-order chi connectivity index (χ0) is 16.4. The SMILES string of the molecule is O=C(Nc1ccc(C(F)(F)F)cc1)Nc1nc2ccccc2[nH]1. The number of nitrogens with one attached hydrogen (secondary N) is 3. The molecule has 0 aliphatic carbocycles. The number of para-hydroxylation sites is 2. The molecule has 3 N–H and O–H groups in total. The Hall–Kier alpha value is -3.03. The van der Waals surface area contributed by atoms with Crippen LogP contribution in [0.5, 0.6) is 0 Å². The number of hydrogen-bond donors (Lipinski definition) is 3. The number of aromatic amines is 1. The molecule has 0 saturated heterocycles. The number of fused-ring (bicyclic) bond motifs is 1. The minimum Gasteiger partial charge on any atom is -0.324 e. The van der Waals surface area contributed by atoms with Crippen LogP contribution in [0.2, 0.25) is 0 Å². The summed E-state index contributed by atoms with van der Waals surface area (Å²) in [6.07, 6.45) is -4.41. The Morgan fingerprint density at radius 2 is 1.70 bits per heavy atom. The molecular weight excluding hydrogens is 309 g/mol. The molecule has 118 valence electrons. The van der Waals surface area contributed by atoms with Gasteiger partial charge in [0.15, 0.2) is 0 Å². The van der Waals surface area contributed by atoms with E-state index in [1.54, 1.807) is 12.1 Å². The van der Waals surface area contributed by atoms with Crippen molar-refractivity contribution in [3.63, 3.8) is 0 Å². The number of carbonyl (C=O) groups excluding carboxylic acids is 1. The fraction of sp³-hybridized carbons (Fsp3) is 0.0667. The van der Waals surface area contributed by atoms with Gasteiger partial charge in [0.05, 0.1) is 16.6 Å². The molecule has 0 atom stereocenters. The first-order valence-corrected chi connectivity index (χ1v) is 6.62. The van der Waals surface area contributed by atoms with Crippen LogP contribution < -0.4 is 10.6 Å². The highest BCUT2D eigenvalue weighted by Crippen LogP contribution is 2.29. The average Bonchev–Trinajstić information content (AvgIpc) is 2.88. The molecule has 8 heteroatoms. The minimum atomic E-state index is -4.41. The number of amides is 2. The van der Waals surface area contributed by atoms with E-state index in [4.69, 9.17) is 0 Å². The number of imidazole rings is 1. The van der Waals surface area contributed by atoms with Crippen LogP contribution in [0, 0.1) is 0 Å². The molecule has 2 aromatic carbocycles. The third-order valence-corrected chi connectivity index (χ3v) is 3.09. The highest BCUT2D eigenvalue weighted by atomic mass is 19.4. The molecule has 2 amide bonds. The number of hydrogen-bond acceptors (Lipinski definition) is 2. The van der Waals surface area contributed by atoms with Crippen LogP contribution in [-0.4, -0.2) is 16.0 Å². The van der Waals surface area contributed by atoms with Gasteiger partial charge in [-0.2, -0.15) is 13.2 Å². The molecule has 0 spiro atoms. The highest BCUT2D eigenvalue weighted by molar-refractivity contribution is 5.99. The summed E-state index contributed by atoms with van der Waals surface area (Å²) in [6, 6.07) is 10.8. The largest absolute Gasteiger partial charge is 0.416 e. The van der Waals surface area contributed by atoms with Crippen molar-refractivity contribution in [2.45, 2.75) is 6.18 Å². The number of H-pyrrole nitrogens is 1. The second kappa shape index (κ2) is 5.64. The van der Waals surface area contributed by atoms with E-state index in [9.17, 15) is 18.0 Å². The van der Waals surface area contributed by atoms with Gasteiger partial charge in [-0.05, 0) is 36.4 Å². The Bertz CT molecular complexity index is 807. The standard InChI is InChI=1S/C15H11F3N4O/c16-15(17,18)9-5-7-10(8-6-9)19-14(23)22-13-20-11-3-1-2-4-12(11)21-13/h1-8H,(H3,19,20,21,22,23). The molecule has 1 heterocycles. The van der Waals surface area contributed by atoms with Gasteiger partial charge in [-0.3, -0.25) is 5.32 Å². The first-order chi connectivity index (χ1) is 10.9. The van der Waals surface area contributed by atoms with E-state index >= 15 is 0 Å². The van der Waals surface area contributed by atoms with Crippen molar-refractivity contribution in [1.29, 1.82) is 0 Å². The Morgan fingerprint density at radius 3 is 2.35 bits per heavy atom. The van der Waals surface area contributed by atoms with Crippen LogP contribution >= 0.6 is 0 Å². The van der Waals surface area contributed by atoms with Gasteiger partial charge in [0.1, 0.15) is 0 Å². The Kier molecular flexibility index (Phi) is 3.65. The van der Waals surface area contributed by atoms with Gasteiger partial charge in [0, 0.05) is 5.69 Å². The van der Waals surface area contributed by atoms with Crippen molar-refractivity contribution in [1.82, 2.24) is 9.97 Å². The minimum absolute atomic E-state index is 0.242. The molecule has 0 fully saturated rings. The maximum absolute atomic E-state index is 12.5. The molecule has 0 radical (unpaired) electrons. The van der Waals surface area contributed by atoms with Gasteiger partial charge in [-0.1, -0.05) is 12.1 Å². The fourth-order valence-corrected chi connectivity index (χ4v) is 2.02. The molecule has 0 aliphatic rings. The zero-order valence-corrected chi connectivity index (χ0v) is 11.6. The second-order valence-electron chi connectivity index (χ2n) is 4.76. The number of aromatic nitrogens is 2. The lowest BCUT2D eigenvalue weighted by molar-refractivity contribution is -0.137. The predicted molar refractivity (Wildman–Crippen MR) is 80.2 cm³/mol. The lowest BCUT2D eigenvalue weighted by Gasteiger charge is -2.08. The van der Waals surface area contributed by atoms with Gasteiger partial charge >= 0.3 is 12.2 Å². The van der Waals surface area contributed by atoms with Crippen molar-refractivity contribution in [2.24, 2.45) is 0 Å². The highest BCUT2D eigenvalue weighted by Gasteiger charge is 2.29. The lowest BCUT2D eigenvalue weighted by atomic mass is 10.2. The molecule has 0 bridgehead atoms. The number of halogens is 3. The van der Waals surface area contributed by atoms with E-state index in [0.29, 0.717) is 5.52 Å². The van der Waals surface area contributed by atoms with Crippen molar-refractivity contribution in [3.05, 3.63) is 54.1 Å². The van der Waals surface area contributed by atoms with E-state index in [1.165, 1.54) is 12.1 Å². The summed E-state index contributed by atoms with van der Waals surface area (Å²) in [7, 11) is 0. The number of carbonyl (C=O) groups is 1. The number of rotatable bonds is 2. The summed E-state index contributed by atoms with van der Waals surface area (Å²) in [4.78, 5) is 18.9. The van der Waals surface area contributed by atoms with Crippen LogP contribution in [0.3, 0.4) is 0 Å². The fourth-order valence-electron chi connectivity index (χ4n) is 2.02. The number of anilines is 2. The van der Waals surface area contributed by atoms with E-state index in [2.05, 4.69) is 20.6 Å². The van der Waals surface area contributed by atoms with Gasteiger partial charge < -0.3 is 10.3 Å². The Morgan fingerprint density at radius 1 is 1.00 bits per heavy atom. The lowest BCUT2D eigenvalue weighted by Crippen LogP contribution is -2.20. The maximum atomic E-state index is 12.5. The van der Waals surface area contributed by atoms with Crippen LogP contribution in [0.1, 0.15) is 5.56 Å². The molecule has 23 heavy (non-hydrogen) atoms. The summed E-state index contributed by atoms with van der Waals surface area (Å²) in [6.45, 7) is 0. The van der Waals surface area contributed by atoms with Crippen LogP contribution in [0.25, 0.3) is 11.0 Å². The van der Waals surface area contributed by atoms with Crippen LogP contribution in [0.4, 0.5) is 29.6 Å².